The quantitative estimate of drug-likeness (QED) is 0.695. The van der Waals surface area contributed by atoms with E-state index >= 15 is 0 Å². The van der Waals surface area contributed by atoms with Gasteiger partial charge in [0.2, 0.25) is 0 Å². The van der Waals surface area contributed by atoms with Crippen molar-refractivity contribution in [3.8, 4) is 22.5 Å². The summed E-state index contributed by atoms with van der Waals surface area (Å²) in [5.41, 5.74) is 3.45. The van der Waals surface area contributed by atoms with Crippen LogP contribution in [0.25, 0.3) is 22.5 Å². The monoisotopic (exact) mass is 379 g/mol. The fraction of sp³-hybridized carbons (Fsp3) is 0.333. The van der Waals surface area contributed by atoms with E-state index in [1.54, 1.807) is 6.20 Å². The fourth-order valence-corrected chi connectivity index (χ4v) is 2.67. The van der Waals surface area contributed by atoms with Crippen molar-refractivity contribution < 1.29 is 9.53 Å². The predicted octanol–water partition coefficient (Wildman–Crippen LogP) is 4.94. The Bertz CT molecular complexity index is 958. The summed E-state index contributed by atoms with van der Waals surface area (Å²) in [5.74, 6) is 0. The van der Waals surface area contributed by atoms with E-state index in [1.807, 2.05) is 62.0 Å². The molecule has 0 saturated carbocycles. The molecule has 3 rings (SSSR count). The standard InChI is InChI=1S/C21H25N5O2/c1-14(2)26-12-17(18-9-10-22-13-23-18)19(25-26)15-7-6-8-16(11-15)24-20(27)28-21(3,4)5/h6-14H,1-5H3,(H,24,27). The fourth-order valence-electron chi connectivity index (χ4n) is 2.67. The lowest BCUT2D eigenvalue weighted by atomic mass is 10.1. The number of ether oxygens (including phenoxy) is 1. The zero-order chi connectivity index (χ0) is 20.3. The van der Waals surface area contributed by atoms with Gasteiger partial charge < -0.3 is 4.74 Å². The van der Waals surface area contributed by atoms with E-state index in [9.17, 15) is 4.79 Å². The molecule has 1 aromatic carbocycles. The molecule has 0 radical (unpaired) electrons. The Morgan fingerprint density at radius 2 is 2.00 bits per heavy atom. The topological polar surface area (TPSA) is 81.9 Å². The maximum Gasteiger partial charge on any atom is 0.412 e. The number of benzene rings is 1. The van der Waals surface area contributed by atoms with Crippen LogP contribution in [0.1, 0.15) is 40.7 Å². The Kier molecular flexibility index (Phi) is 5.44. The van der Waals surface area contributed by atoms with Crippen molar-refractivity contribution in [3.05, 3.63) is 49.1 Å². The van der Waals surface area contributed by atoms with Crippen molar-refractivity contribution in [3.63, 3.8) is 0 Å². The lowest BCUT2D eigenvalue weighted by Crippen LogP contribution is -2.27. The Morgan fingerprint density at radius 1 is 1.21 bits per heavy atom. The van der Waals surface area contributed by atoms with Gasteiger partial charge in [-0.3, -0.25) is 10.00 Å². The van der Waals surface area contributed by atoms with Gasteiger partial charge in [0.05, 0.1) is 5.69 Å². The molecular formula is C21H25N5O2. The molecule has 146 valence electrons. The maximum absolute atomic E-state index is 12.1. The Balaban J connectivity index is 1.96. The first-order valence-electron chi connectivity index (χ1n) is 9.19. The van der Waals surface area contributed by atoms with Crippen molar-refractivity contribution in [1.29, 1.82) is 0 Å². The molecule has 0 aliphatic heterocycles. The molecule has 1 N–H and O–H groups in total. The van der Waals surface area contributed by atoms with E-state index in [0.717, 1.165) is 22.5 Å². The molecule has 0 unspecified atom stereocenters. The molecule has 0 bridgehead atoms. The minimum absolute atomic E-state index is 0.206. The second kappa shape index (κ2) is 7.80. The number of anilines is 1. The summed E-state index contributed by atoms with van der Waals surface area (Å²) in [5, 5.41) is 7.52. The van der Waals surface area contributed by atoms with Crippen LogP contribution in [0.15, 0.2) is 49.1 Å². The van der Waals surface area contributed by atoms with Crippen LogP contribution in [0.4, 0.5) is 10.5 Å². The molecule has 0 atom stereocenters. The zero-order valence-corrected chi connectivity index (χ0v) is 16.8. The van der Waals surface area contributed by atoms with E-state index in [2.05, 4.69) is 29.1 Å². The van der Waals surface area contributed by atoms with Gasteiger partial charge in [-0.25, -0.2) is 14.8 Å². The van der Waals surface area contributed by atoms with Crippen LogP contribution in [0, 0.1) is 0 Å². The lowest BCUT2D eigenvalue weighted by Gasteiger charge is -2.19. The second-order valence-electron chi connectivity index (χ2n) is 7.77. The molecule has 2 aromatic heterocycles. The van der Waals surface area contributed by atoms with Gasteiger partial charge in [0.1, 0.15) is 17.6 Å². The zero-order valence-electron chi connectivity index (χ0n) is 16.8. The van der Waals surface area contributed by atoms with Crippen LogP contribution in [-0.4, -0.2) is 31.4 Å². The second-order valence-corrected chi connectivity index (χ2v) is 7.77. The Morgan fingerprint density at radius 3 is 2.64 bits per heavy atom. The van der Waals surface area contributed by atoms with Crippen molar-refractivity contribution in [2.45, 2.75) is 46.3 Å². The van der Waals surface area contributed by atoms with E-state index in [4.69, 9.17) is 9.84 Å². The number of carbonyl (C=O) groups excluding carboxylic acids is 1. The third-order valence-corrected chi connectivity index (χ3v) is 3.90. The molecule has 28 heavy (non-hydrogen) atoms. The normalized spacial score (nSPS) is 11.5. The smallest absolute Gasteiger partial charge is 0.412 e. The third-order valence-electron chi connectivity index (χ3n) is 3.90. The molecule has 3 aromatic rings. The highest BCUT2D eigenvalue weighted by Crippen LogP contribution is 2.32. The number of aromatic nitrogens is 4. The van der Waals surface area contributed by atoms with Gasteiger partial charge in [-0.1, -0.05) is 12.1 Å². The summed E-state index contributed by atoms with van der Waals surface area (Å²) in [7, 11) is 0. The molecule has 0 aliphatic carbocycles. The highest BCUT2D eigenvalue weighted by molar-refractivity contribution is 5.87. The minimum Gasteiger partial charge on any atom is -0.444 e. The molecule has 0 aliphatic rings. The SMILES string of the molecule is CC(C)n1cc(-c2ccncn2)c(-c2cccc(NC(=O)OC(C)(C)C)c2)n1. The van der Waals surface area contributed by atoms with Gasteiger partial charge in [-0.2, -0.15) is 5.10 Å². The Hall–Kier alpha value is -3.22. The summed E-state index contributed by atoms with van der Waals surface area (Å²) >= 11 is 0. The summed E-state index contributed by atoms with van der Waals surface area (Å²) in [4.78, 5) is 20.4. The summed E-state index contributed by atoms with van der Waals surface area (Å²) in [6, 6.07) is 9.59. The van der Waals surface area contributed by atoms with Crippen molar-refractivity contribution in [2.75, 3.05) is 5.32 Å². The summed E-state index contributed by atoms with van der Waals surface area (Å²) < 4.78 is 7.23. The van der Waals surface area contributed by atoms with Crippen LogP contribution in [-0.2, 0) is 4.74 Å². The van der Waals surface area contributed by atoms with Gasteiger partial charge in [0.25, 0.3) is 0 Å². The largest absolute Gasteiger partial charge is 0.444 e. The summed E-state index contributed by atoms with van der Waals surface area (Å²) in [6.45, 7) is 9.63. The number of carbonyl (C=O) groups is 1. The van der Waals surface area contributed by atoms with E-state index in [-0.39, 0.29) is 6.04 Å². The van der Waals surface area contributed by atoms with Gasteiger partial charge in [-0.05, 0) is 52.8 Å². The summed E-state index contributed by atoms with van der Waals surface area (Å²) in [6.07, 6.45) is 4.72. The van der Waals surface area contributed by atoms with Gasteiger partial charge in [0.15, 0.2) is 0 Å². The number of hydrogen-bond acceptors (Lipinski definition) is 5. The first-order chi connectivity index (χ1) is 13.2. The Labute approximate surface area is 164 Å². The number of nitrogens with one attached hydrogen (secondary N) is 1. The van der Waals surface area contributed by atoms with Crippen LogP contribution in [0.5, 0.6) is 0 Å². The number of amides is 1. The first-order valence-corrected chi connectivity index (χ1v) is 9.19. The van der Waals surface area contributed by atoms with Gasteiger partial charge in [-0.15, -0.1) is 0 Å². The van der Waals surface area contributed by atoms with Crippen LogP contribution >= 0.6 is 0 Å². The van der Waals surface area contributed by atoms with Gasteiger partial charge >= 0.3 is 6.09 Å². The average Bonchev–Trinajstić information content (AvgIpc) is 3.07. The van der Waals surface area contributed by atoms with Crippen LogP contribution in [0.2, 0.25) is 0 Å². The molecular weight excluding hydrogens is 354 g/mol. The number of nitrogens with zero attached hydrogens (tertiary/aromatic N) is 4. The van der Waals surface area contributed by atoms with E-state index in [1.165, 1.54) is 6.33 Å². The first kappa shape index (κ1) is 19.5. The molecule has 1 amide bonds. The highest BCUT2D eigenvalue weighted by atomic mass is 16.6. The molecule has 0 fully saturated rings. The molecule has 0 spiro atoms. The average molecular weight is 379 g/mol. The van der Waals surface area contributed by atoms with Crippen LogP contribution in [0.3, 0.4) is 0 Å². The molecule has 7 heteroatoms. The molecule has 0 saturated heterocycles. The predicted molar refractivity (Wildman–Crippen MR) is 109 cm³/mol. The van der Waals surface area contributed by atoms with Gasteiger partial charge in [0, 0.05) is 35.2 Å². The molecule has 2 heterocycles. The van der Waals surface area contributed by atoms with Crippen molar-refractivity contribution >= 4 is 11.8 Å². The maximum atomic E-state index is 12.1. The van der Waals surface area contributed by atoms with Crippen molar-refractivity contribution in [2.24, 2.45) is 0 Å². The third kappa shape index (κ3) is 4.73. The van der Waals surface area contributed by atoms with E-state index < -0.39 is 11.7 Å². The van der Waals surface area contributed by atoms with Crippen molar-refractivity contribution in [1.82, 2.24) is 19.7 Å². The lowest BCUT2D eigenvalue weighted by molar-refractivity contribution is 0.0636. The van der Waals surface area contributed by atoms with Crippen LogP contribution < -0.4 is 5.32 Å². The van der Waals surface area contributed by atoms with E-state index in [0.29, 0.717) is 5.69 Å². The highest BCUT2D eigenvalue weighted by Gasteiger charge is 2.18. The minimum atomic E-state index is -0.558. The number of hydrogen-bond donors (Lipinski definition) is 1. The molecule has 7 nitrogen and oxygen atoms in total. The number of rotatable bonds is 4.